The van der Waals surface area contributed by atoms with Crippen molar-refractivity contribution in [2.24, 2.45) is 0 Å². The highest BCUT2D eigenvalue weighted by molar-refractivity contribution is 7.89. The van der Waals surface area contributed by atoms with Gasteiger partial charge in [-0.25, -0.2) is 17.5 Å². The molecular weight excluding hydrogens is 423 g/mol. The molecule has 3 aromatic rings. The SMILES string of the molecule is O=C(Nc1ccc(Cl)cc1F)c1ccc(S(=O)(=O)NCCc2cccs2)cc1. The van der Waals surface area contributed by atoms with E-state index in [-0.39, 0.29) is 27.7 Å². The summed E-state index contributed by atoms with van der Waals surface area (Å²) in [4.78, 5) is 13.4. The van der Waals surface area contributed by atoms with Crippen molar-refractivity contribution in [1.29, 1.82) is 0 Å². The average Bonchev–Trinajstić information content (AvgIpc) is 3.17. The van der Waals surface area contributed by atoms with Gasteiger partial charge in [-0.2, -0.15) is 0 Å². The maximum atomic E-state index is 13.8. The van der Waals surface area contributed by atoms with E-state index in [1.54, 1.807) is 11.3 Å². The van der Waals surface area contributed by atoms with Crippen LogP contribution in [0.1, 0.15) is 15.2 Å². The number of hydrogen-bond donors (Lipinski definition) is 2. The van der Waals surface area contributed by atoms with Gasteiger partial charge in [0.2, 0.25) is 10.0 Å². The van der Waals surface area contributed by atoms with Crippen molar-refractivity contribution >= 4 is 44.6 Å². The predicted molar refractivity (Wildman–Crippen MR) is 109 cm³/mol. The zero-order valence-corrected chi connectivity index (χ0v) is 16.9. The number of anilines is 1. The van der Waals surface area contributed by atoms with Gasteiger partial charge >= 0.3 is 0 Å². The van der Waals surface area contributed by atoms with E-state index >= 15 is 0 Å². The van der Waals surface area contributed by atoms with E-state index in [1.165, 1.54) is 36.4 Å². The molecule has 9 heteroatoms. The monoisotopic (exact) mass is 438 g/mol. The van der Waals surface area contributed by atoms with Gasteiger partial charge in [-0.1, -0.05) is 17.7 Å². The summed E-state index contributed by atoms with van der Waals surface area (Å²) in [5.74, 6) is -1.22. The highest BCUT2D eigenvalue weighted by Gasteiger charge is 2.15. The Kier molecular flexibility index (Phi) is 6.46. The quantitative estimate of drug-likeness (QED) is 0.577. The zero-order valence-electron chi connectivity index (χ0n) is 14.5. The van der Waals surface area contributed by atoms with Crippen LogP contribution >= 0.6 is 22.9 Å². The summed E-state index contributed by atoms with van der Waals surface area (Å²) < 4.78 is 41.0. The summed E-state index contributed by atoms with van der Waals surface area (Å²) in [7, 11) is -3.68. The maximum absolute atomic E-state index is 13.8. The number of amides is 1. The first-order chi connectivity index (χ1) is 13.3. The minimum atomic E-state index is -3.68. The molecule has 1 amide bonds. The molecule has 1 heterocycles. The van der Waals surface area contributed by atoms with Crippen LogP contribution in [0.4, 0.5) is 10.1 Å². The van der Waals surface area contributed by atoms with E-state index in [9.17, 15) is 17.6 Å². The molecule has 2 N–H and O–H groups in total. The Balaban J connectivity index is 1.63. The second kappa shape index (κ2) is 8.83. The molecule has 0 unspecified atom stereocenters. The Bertz CT molecular complexity index is 1070. The molecule has 0 radical (unpaired) electrons. The second-order valence-corrected chi connectivity index (χ2v) is 9.07. The number of sulfonamides is 1. The largest absolute Gasteiger partial charge is 0.319 e. The fourth-order valence-electron chi connectivity index (χ4n) is 2.42. The second-order valence-electron chi connectivity index (χ2n) is 5.83. The fourth-order valence-corrected chi connectivity index (χ4v) is 4.32. The molecule has 146 valence electrons. The number of nitrogens with one attached hydrogen (secondary N) is 2. The number of halogens is 2. The number of carbonyl (C=O) groups is 1. The number of hydrogen-bond acceptors (Lipinski definition) is 4. The molecule has 0 aliphatic rings. The van der Waals surface area contributed by atoms with E-state index in [0.29, 0.717) is 6.42 Å². The predicted octanol–water partition coefficient (Wildman–Crippen LogP) is 4.31. The molecule has 0 aliphatic carbocycles. The summed E-state index contributed by atoms with van der Waals surface area (Å²) in [6, 6.07) is 13.2. The lowest BCUT2D eigenvalue weighted by Crippen LogP contribution is -2.26. The van der Waals surface area contributed by atoms with Gasteiger partial charge in [-0.05, 0) is 60.3 Å². The van der Waals surface area contributed by atoms with Gasteiger partial charge in [0.15, 0.2) is 0 Å². The van der Waals surface area contributed by atoms with Crippen LogP contribution in [0.15, 0.2) is 64.9 Å². The third-order valence-electron chi connectivity index (χ3n) is 3.85. The highest BCUT2D eigenvalue weighted by Crippen LogP contribution is 2.20. The molecule has 1 aromatic heterocycles. The number of thiophene rings is 1. The number of carbonyl (C=O) groups excluding carboxylic acids is 1. The lowest BCUT2D eigenvalue weighted by molar-refractivity contribution is 0.102. The molecule has 0 spiro atoms. The van der Waals surface area contributed by atoms with Crippen LogP contribution in [0.2, 0.25) is 5.02 Å². The Labute approximate surface area is 171 Å². The van der Waals surface area contributed by atoms with E-state index in [1.807, 2.05) is 17.5 Å². The van der Waals surface area contributed by atoms with Crippen LogP contribution in [0.3, 0.4) is 0 Å². The maximum Gasteiger partial charge on any atom is 0.255 e. The van der Waals surface area contributed by atoms with Crippen LogP contribution in [-0.2, 0) is 16.4 Å². The van der Waals surface area contributed by atoms with Crippen molar-refractivity contribution in [3.8, 4) is 0 Å². The Hall–Kier alpha value is -2.26. The summed E-state index contributed by atoms with van der Waals surface area (Å²) in [6.07, 6.45) is 0.601. The van der Waals surface area contributed by atoms with Crippen LogP contribution in [-0.4, -0.2) is 20.9 Å². The number of benzene rings is 2. The van der Waals surface area contributed by atoms with Gasteiger partial charge < -0.3 is 5.32 Å². The first kappa shape index (κ1) is 20.5. The molecule has 5 nitrogen and oxygen atoms in total. The van der Waals surface area contributed by atoms with Crippen molar-refractivity contribution in [2.75, 3.05) is 11.9 Å². The zero-order chi connectivity index (χ0) is 20.1. The summed E-state index contributed by atoms with van der Waals surface area (Å²) in [5.41, 5.74) is 0.188. The molecule has 0 bridgehead atoms. The average molecular weight is 439 g/mol. The third kappa shape index (κ3) is 5.17. The van der Waals surface area contributed by atoms with Crippen LogP contribution < -0.4 is 10.0 Å². The Morgan fingerprint density at radius 2 is 1.86 bits per heavy atom. The molecule has 3 rings (SSSR count). The minimum absolute atomic E-state index is 0.0126. The number of rotatable bonds is 7. The highest BCUT2D eigenvalue weighted by atomic mass is 35.5. The van der Waals surface area contributed by atoms with Crippen molar-refractivity contribution in [3.05, 3.63) is 81.3 Å². The van der Waals surface area contributed by atoms with Crippen molar-refractivity contribution in [1.82, 2.24) is 4.72 Å². The van der Waals surface area contributed by atoms with E-state index in [4.69, 9.17) is 11.6 Å². The topological polar surface area (TPSA) is 75.3 Å². The Morgan fingerprint density at radius 3 is 2.50 bits per heavy atom. The summed E-state index contributed by atoms with van der Waals surface area (Å²) >= 11 is 7.24. The molecule has 0 saturated heterocycles. The molecule has 2 aromatic carbocycles. The van der Waals surface area contributed by atoms with Gasteiger partial charge in [-0.15, -0.1) is 11.3 Å². The molecule has 0 saturated carbocycles. The third-order valence-corrected chi connectivity index (χ3v) is 6.50. The smallest absolute Gasteiger partial charge is 0.255 e. The van der Waals surface area contributed by atoms with Crippen molar-refractivity contribution < 1.29 is 17.6 Å². The van der Waals surface area contributed by atoms with Gasteiger partial charge in [0.1, 0.15) is 5.82 Å². The van der Waals surface area contributed by atoms with E-state index in [0.717, 1.165) is 10.9 Å². The van der Waals surface area contributed by atoms with Crippen molar-refractivity contribution in [2.45, 2.75) is 11.3 Å². The molecule has 0 atom stereocenters. The van der Waals surface area contributed by atoms with Crippen LogP contribution in [0, 0.1) is 5.82 Å². The van der Waals surface area contributed by atoms with Gasteiger partial charge in [0, 0.05) is 22.0 Å². The minimum Gasteiger partial charge on any atom is -0.319 e. The molecule has 28 heavy (non-hydrogen) atoms. The Morgan fingerprint density at radius 1 is 1.11 bits per heavy atom. The summed E-state index contributed by atoms with van der Waals surface area (Å²) in [6.45, 7) is 0.279. The van der Waals surface area contributed by atoms with Crippen LogP contribution in [0.5, 0.6) is 0 Å². The lowest BCUT2D eigenvalue weighted by atomic mass is 10.2. The fraction of sp³-hybridized carbons (Fsp3) is 0.105. The normalized spacial score (nSPS) is 11.4. The summed E-state index contributed by atoms with van der Waals surface area (Å²) in [5, 5.41) is 4.58. The molecular formula is C19H16ClFN2O3S2. The molecule has 0 aliphatic heterocycles. The van der Waals surface area contributed by atoms with E-state index in [2.05, 4.69) is 10.0 Å². The lowest BCUT2D eigenvalue weighted by Gasteiger charge is -2.09. The van der Waals surface area contributed by atoms with Gasteiger partial charge in [0.25, 0.3) is 5.91 Å². The van der Waals surface area contributed by atoms with Gasteiger partial charge in [-0.3, -0.25) is 4.79 Å². The van der Waals surface area contributed by atoms with Crippen LogP contribution in [0.25, 0.3) is 0 Å². The van der Waals surface area contributed by atoms with Gasteiger partial charge in [0.05, 0.1) is 10.6 Å². The first-order valence-electron chi connectivity index (χ1n) is 8.24. The first-order valence-corrected chi connectivity index (χ1v) is 11.0. The van der Waals surface area contributed by atoms with Crippen molar-refractivity contribution in [3.63, 3.8) is 0 Å². The van der Waals surface area contributed by atoms with E-state index < -0.39 is 21.7 Å². The standard InChI is InChI=1S/C19H16ClFN2O3S2/c20-14-5-8-18(17(21)12-14)23-19(24)13-3-6-16(7-4-13)28(25,26)22-10-9-15-2-1-11-27-15/h1-8,11-12,22H,9-10H2,(H,23,24). The molecule has 0 fully saturated rings.